The Morgan fingerprint density at radius 3 is 2.66 bits per heavy atom. The average molecular weight is 505 g/mol. The summed E-state index contributed by atoms with van der Waals surface area (Å²) in [5.74, 6) is 0.426. The lowest BCUT2D eigenvalue weighted by molar-refractivity contribution is 0.179. The van der Waals surface area contributed by atoms with E-state index in [1.54, 1.807) is 13.3 Å². The fourth-order valence-corrected chi connectivity index (χ4v) is 3.08. The number of nitrogens with one attached hydrogen (secondary N) is 1. The van der Waals surface area contributed by atoms with Gasteiger partial charge in [0.25, 0.3) is 0 Å². The van der Waals surface area contributed by atoms with Crippen LogP contribution in [0.15, 0.2) is 72.2 Å². The lowest BCUT2D eigenvalue weighted by Gasteiger charge is -2.14. The van der Waals surface area contributed by atoms with Crippen LogP contribution in [0.25, 0.3) is 11.1 Å². The Hall–Kier alpha value is -2.39. The van der Waals surface area contributed by atoms with Crippen molar-refractivity contribution in [2.45, 2.75) is 26.1 Å². The first-order valence-corrected chi connectivity index (χ1v) is 9.34. The summed E-state index contributed by atoms with van der Waals surface area (Å²) in [6.07, 6.45) is 5.59. The van der Waals surface area contributed by atoms with E-state index in [0.717, 1.165) is 17.7 Å². The molecule has 1 atom stereocenters. The molecule has 6 nitrogen and oxygen atoms in total. The van der Waals surface area contributed by atoms with Gasteiger partial charge in [0.05, 0.1) is 19.5 Å². The molecule has 0 aliphatic heterocycles. The topological polar surface area (TPSA) is 77.5 Å². The Morgan fingerprint density at radius 2 is 1.97 bits per heavy atom. The third-order valence-corrected chi connectivity index (χ3v) is 4.44. The second-order valence-corrected chi connectivity index (χ2v) is 6.79. The van der Waals surface area contributed by atoms with Crippen LogP contribution in [-0.4, -0.2) is 35.3 Å². The molecule has 2 aromatic carbocycles. The van der Waals surface area contributed by atoms with Gasteiger partial charge in [-0.05, 0) is 29.2 Å². The Kier molecular flexibility index (Phi) is 9.14. The highest BCUT2D eigenvalue weighted by atomic mass is 127. The van der Waals surface area contributed by atoms with Gasteiger partial charge in [0.2, 0.25) is 0 Å². The lowest BCUT2D eigenvalue weighted by Crippen LogP contribution is -2.40. The van der Waals surface area contributed by atoms with Crippen molar-refractivity contribution in [3.05, 3.63) is 78.4 Å². The fourth-order valence-electron chi connectivity index (χ4n) is 3.08. The summed E-state index contributed by atoms with van der Waals surface area (Å²) >= 11 is 0. The van der Waals surface area contributed by atoms with E-state index in [4.69, 9.17) is 10.5 Å². The number of aliphatic imine (C=N–C) groups is 1. The van der Waals surface area contributed by atoms with E-state index in [1.165, 1.54) is 11.1 Å². The maximum atomic E-state index is 6.00. The number of nitrogens with two attached hydrogens (primary N) is 1. The van der Waals surface area contributed by atoms with Gasteiger partial charge >= 0.3 is 0 Å². The number of guanidine groups is 1. The molecule has 0 fully saturated rings. The van der Waals surface area contributed by atoms with E-state index < -0.39 is 0 Å². The Bertz CT molecular complexity index is 894. The zero-order valence-corrected chi connectivity index (χ0v) is 19.1. The van der Waals surface area contributed by atoms with Crippen molar-refractivity contribution < 1.29 is 4.74 Å². The third kappa shape index (κ3) is 6.86. The van der Waals surface area contributed by atoms with Crippen LogP contribution < -0.4 is 11.1 Å². The summed E-state index contributed by atoms with van der Waals surface area (Å²) < 4.78 is 7.16. The van der Waals surface area contributed by atoms with Gasteiger partial charge in [-0.2, -0.15) is 0 Å². The molecule has 0 bridgehead atoms. The molecule has 0 radical (unpaired) electrons. The van der Waals surface area contributed by atoms with Crippen LogP contribution in [0.3, 0.4) is 0 Å². The Morgan fingerprint density at radius 1 is 1.21 bits per heavy atom. The number of hydrogen-bond donors (Lipinski definition) is 2. The number of imidazole rings is 1. The molecular formula is C22H28IN5O. The first-order valence-electron chi connectivity index (χ1n) is 9.34. The molecule has 3 N–H and O–H groups in total. The summed E-state index contributed by atoms with van der Waals surface area (Å²) in [6, 6.07) is 17.0. The standard InChI is InChI=1S/C22H27N5O.HI/c1-17(15-28-2)26-22(23)25-13-20-5-3-4-6-21(20)19-9-7-18(8-10-19)14-27-12-11-24-16-27;/h3-12,16-17H,13-15H2,1-2H3,(H3,23,25,26);1H. The smallest absolute Gasteiger partial charge is 0.189 e. The van der Waals surface area contributed by atoms with Crippen LogP contribution >= 0.6 is 24.0 Å². The van der Waals surface area contributed by atoms with Crippen molar-refractivity contribution in [2.75, 3.05) is 13.7 Å². The van der Waals surface area contributed by atoms with Gasteiger partial charge in [-0.3, -0.25) is 0 Å². The molecule has 0 aliphatic rings. The maximum absolute atomic E-state index is 6.00. The normalized spacial score (nSPS) is 12.3. The van der Waals surface area contributed by atoms with Gasteiger partial charge in [-0.1, -0.05) is 48.5 Å². The minimum atomic E-state index is 0. The number of methoxy groups -OCH3 is 1. The highest BCUT2D eigenvalue weighted by molar-refractivity contribution is 14.0. The number of benzene rings is 2. The minimum Gasteiger partial charge on any atom is -0.383 e. The molecule has 1 heterocycles. The quantitative estimate of drug-likeness (QED) is 0.279. The fraction of sp³-hybridized carbons (Fsp3) is 0.273. The molecule has 1 unspecified atom stereocenters. The van der Waals surface area contributed by atoms with Crippen molar-refractivity contribution in [2.24, 2.45) is 10.7 Å². The Labute approximate surface area is 189 Å². The number of aromatic nitrogens is 2. The zero-order chi connectivity index (χ0) is 19.8. The first-order chi connectivity index (χ1) is 13.7. The van der Waals surface area contributed by atoms with E-state index in [1.807, 2.05) is 31.6 Å². The number of rotatable bonds is 8. The number of nitrogens with zero attached hydrogens (tertiary/aromatic N) is 3. The van der Waals surface area contributed by atoms with E-state index in [9.17, 15) is 0 Å². The summed E-state index contributed by atoms with van der Waals surface area (Å²) in [5, 5.41) is 3.13. The van der Waals surface area contributed by atoms with Crippen molar-refractivity contribution in [3.63, 3.8) is 0 Å². The second-order valence-electron chi connectivity index (χ2n) is 6.79. The maximum Gasteiger partial charge on any atom is 0.189 e. The monoisotopic (exact) mass is 505 g/mol. The third-order valence-electron chi connectivity index (χ3n) is 4.44. The van der Waals surface area contributed by atoms with Crippen LogP contribution in [0, 0.1) is 0 Å². The molecule has 3 rings (SSSR count). The molecule has 29 heavy (non-hydrogen) atoms. The van der Waals surface area contributed by atoms with Gasteiger partial charge < -0.3 is 20.4 Å². The molecule has 0 aliphatic carbocycles. The summed E-state index contributed by atoms with van der Waals surface area (Å²) in [5.41, 5.74) is 10.7. The summed E-state index contributed by atoms with van der Waals surface area (Å²) in [6.45, 7) is 3.92. The SMILES string of the molecule is COCC(C)NC(N)=NCc1ccccc1-c1ccc(Cn2ccnc2)cc1.I. The highest BCUT2D eigenvalue weighted by Gasteiger charge is 2.06. The van der Waals surface area contributed by atoms with Gasteiger partial charge in [-0.15, -0.1) is 24.0 Å². The predicted molar refractivity (Wildman–Crippen MR) is 128 cm³/mol. The van der Waals surface area contributed by atoms with Crippen LogP contribution in [0.4, 0.5) is 0 Å². The Balaban J connectivity index is 0.00000300. The largest absolute Gasteiger partial charge is 0.383 e. The van der Waals surface area contributed by atoms with Crippen LogP contribution in [0.2, 0.25) is 0 Å². The van der Waals surface area contributed by atoms with Crippen LogP contribution in [-0.2, 0) is 17.8 Å². The van der Waals surface area contributed by atoms with Gasteiger partial charge in [0, 0.05) is 32.1 Å². The molecule has 0 saturated heterocycles. The molecule has 0 amide bonds. The van der Waals surface area contributed by atoms with Crippen molar-refractivity contribution in [1.82, 2.24) is 14.9 Å². The molecule has 154 valence electrons. The zero-order valence-electron chi connectivity index (χ0n) is 16.8. The van der Waals surface area contributed by atoms with Crippen LogP contribution in [0.5, 0.6) is 0 Å². The molecule has 3 aromatic rings. The molecule has 1 aromatic heterocycles. The van der Waals surface area contributed by atoms with Gasteiger partial charge in [-0.25, -0.2) is 9.98 Å². The summed E-state index contributed by atoms with van der Waals surface area (Å²) in [7, 11) is 1.67. The molecule has 0 spiro atoms. The number of hydrogen-bond acceptors (Lipinski definition) is 3. The first kappa shape index (κ1) is 22.9. The van der Waals surface area contributed by atoms with E-state index >= 15 is 0 Å². The van der Waals surface area contributed by atoms with E-state index in [2.05, 4.69) is 56.3 Å². The average Bonchev–Trinajstić information content (AvgIpc) is 3.20. The van der Waals surface area contributed by atoms with E-state index in [-0.39, 0.29) is 30.0 Å². The minimum absolute atomic E-state index is 0. The predicted octanol–water partition coefficient (Wildman–Crippen LogP) is 3.66. The highest BCUT2D eigenvalue weighted by Crippen LogP contribution is 2.25. The molecule has 0 saturated carbocycles. The van der Waals surface area contributed by atoms with Crippen LogP contribution in [0.1, 0.15) is 18.1 Å². The van der Waals surface area contributed by atoms with Crippen molar-refractivity contribution in [1.29, 1.82) is 0 Å². The van der Waals surface area contributed by atoms with Crippen molar-refractivity contribution in [3.8, 4) is 11.1 Å². The van der Waals surface area contributed by atoms with Gasteiger partial charge in [0.1, 0.15) is 0 Å². The van der Waals surface area contributed by atoms with E-state index in [0.29, 0.717) is 19.1 Å². The summed E-state index contributed by atoms with van der Waals surface area (Å²) in [4.78, 5) is 8.57. The lowest BCUT2D eigenvalue weighted by atomic mass is 9.98. The van der Waals surface area contributed by atoms with Gasteiger partial charge in [0.15, 0.2) is 5.96 Å². The number of ether oxygens (including phenoxy) is 1. The number of halogens is 1. The molecule has 7 heteroatoms. The second kappa shape index (κ2) is 11.6. The van der Waals surface area contributed by atoms with Crippen molar-refractivity contribution >= 4 is 29.9 Å². The molecular weight excluding hydrogens is 477 g/mol.